The van der Waals surface area contributed by atoms with Crippen molar-refractivity contribution in [3.8, 4) is 6.07 Å². The highest BCUT2D eigenvalue weighted by molar-refractivity contribution is 6.33. The number of amides is 1. The summed E-state index contributed by atoms with van der Waals surface area (Å²) in [7, 11) is 0. The largest absolute Gasteiger partial charge is 0.322 e. The number of rotatable bonds is 4. The van der Waals surface area contributed by atoms with Crippen LogP contribution in [-0.4, -0.2) is 28.3 Å². The Morgan fingerprint density at radius 2 is 2.14 bits per heavy atom. The van der Waals surface area contributed by atoms with E-state index >= 15 is 0 Å². The van der Waals surface area contributed by atoms with Crippen LogP contribution in [0.25, 0.3) is 0 Å². The number of para-hydroxylation sites is 1. The van der Waals surface area contributed by atoms with Crippen LogP contribution in [0.5, 0.6) is 0 Å². The molecule has 7 heteroatoms. The molecule has 6 nitrogen and oxygen atoms in total. The van der Waals surface area contributed by atoms with E-state index in [9.17, 15) is 14.9 Å². The first kappa shape index (κ1) is 15.3. The lowest BCUT2D eigenvalue weighted by Crippen LogP contribution is -2.39. The Morgan fingerprint density at radius 3 is 2.71 bits per heavy atom. The highest BCUT2D eigenvalue weighted by Gasteiger charge is 2.32. The van der Waals surface area contributed by atoms with Gasteiger partial charge in [0.15, 0.2) is 0 Å². The van der Waals surface area contributed by atoms with Crippen molar-refractivity contribution in [2.24, 2.45) is 0 Å². The summed E-state index contributed by atoms with van der Waals surface area (Å²) in [5.41, 5.74) is -0.459. The quantitative estimate of drug-likeness (QED) is 0.485. The van der Waals surface area contributed by atoms with Gasteiger partial charge in [0, 0.05) is 6.04 Å². The van der Waals surface area contributed by atoms with Crippen LogP contribution in [0.3, 0.4) is 0 Å². The zero-order valence-corrected chi connectivity index (χ0v) is 12.0. The molecule has 0 aliphatic heterocycles. The summed E-state index contributed by atoms with van der Waals surface area (Å²) in [5.74, 6) is -0.502. The second kappa shape index (κ2) is 6.55. The van der Waals surface area contributed by atoms with E-state index in [0.29, 0.717) is 0 Å². The summed E-state index contributed by atoms with van der Waals surface area (Å²) >= 11 is 5.83. The summed E-state index contributed by atoms with van der Waals surface area (Å²) in [6.45, 7) is -0.0762. The first-order valence-corrected chi connectivity index (χ1v) is 7.05. The van der Waals surface area contributed by atoms with E-state index < -0.39 is 16.5 Å². The van der Waals surface area contributed by atoms with Crippen molar-refractivity contribution in [1.29, 1.82) is 5.26 Å². The molecule has 110 valence electrons. The number of halogens is 1. The Labute approximate surface area is 127 Å². The van der Waals surface area contributed by atoms with Crippen LogP contribution in [-0.2, 0) is 0 Å². The Hall–Kier alpha value is -2.13. The van der Waals surface area contributed by atoms with Gasteiger partial charge < -0.3 is 4.90 Å². The van der Waals surface area contributed by atoms with Crippen molar-refractivity contribution in [2.45, 2.75) is 31.7 Å². The second-order valence-corrected chi connectivity index (χ2v) is 5.33. The van der Waals surface area contributed by atoms with Crippen LogP contribution in [0.1, 0.15) is 36.0 Å². The van der Waals surface area contributed by atoms with Crippen molar-refractivity contribution >= 4 is 23.2 Å². The molecule has 2 rings (SSSR count). The van der Waals surface area contributed by atoms with Crippen molar-refractivity contribution in [1.82, 2.24) is 4.90 Å². The summed E-state index contributed by atoms with van der Waals surface area (Å²) in [5, 5.41) is 20.0. The minimum absolute atomic E-state index is 0.0317. The van der Waals surface area contributed by atoms with Crippen LogP contribution >= 0.6 is 11.6 Å². The average Bonchev–Trinajstić information content (AvgIpc) is 2.97. The number of nitro groups is 1. The third kappa shape index (κ3) is 3.14. The molecule has 1 aromatic rings. The molecule has 0 bridgehead atoms. The Balaban J connectivity index is 2.39. The summed E-state index contributed by atoms with van der Waals surface area (Å²) in [6.07, 6.45) is 3.64. The van der Waals surface area contributed by atoms with Crippen LogP contribution in [0.4, 0.5) is 5.69 Å². The maximum absolute atomic E-state index is 12.6. The molecule has 1 aliphatic carbocycles. The van der Waals surface area contributed by atoms with E-state index in [1.165, 1.54) is 23.1 Å². The van der Waals surface area contributed by atoms with Gasteiger partial charge in [-0.2, -0.15) is 5.26 Å². The predicted molar refractivity (Wildman–Crippen MR) is 77.0 cm³/mol. The number of carbonyl (C=O) groups excluding carboxylic acids is 1. The van der Waals surface area contributed by atoms with E-state index in [0.717, 1.165) is 25.7 Å². The molecule has 1 aliphatic rings. The van der Waals surface area contributed by atoms with Crippen molar-refractivity contribution in [3.05, 3.63) is 38.9 Å². The molecule has 1 aromatic carbocycles. The molecular formula is C14H14ClN3O3. The molecule has 0 N–H and O–H groups in total. The normalized spacial score (nSPS) is 14.7. The molecule has 0 unspecified atom stereocenters. The number of nitriles is 1. The molecular weight excluding hydrogens is 294 g/mol. The van der Waals surface area contributed by atoms with Gasteiger partial charge in [-0.25, -0.2) is 0 Å². The fourth-order valence-electron chi connectivity index (χ4n) is 2.69. The van der Waals surface area contributed by atoms with Gasteiger partial charge in [-0.15, -0.1) is 0 Å². The van der Waals surface area contributed by atoms with Gasteiger partial charge in [0.1, 0.15) is 17.1 Å². The zero-order valence-electron chi connectivity index (χ0n) is 11.3. The predicted octanol–water partition coefficient (Wildman–Crippen LogP) is 3.16. The van der Waals surface area contributed by atoms with E-state index in [4.69, 9.17) is 16.9 Å². The second-order valence-electron chi connectivity index (χ2n) is 4.92. The lowest BCUT2D eigenvalue weighted by Gasteiger charge is -2.26. The summed E-state index contributed by atoms with van der Waals surface area (Å²) in [4.78, 5) is 24.5. The first-order valence-electron chi connectivity index (χ1n) is 6.67. The molecule has 1 saturated carbocycles. The maximum atomic E-state index is 12.6. The third-order valence-corrected chi connectivity index (χ3v) is 3.97. The Bertz CT molecular complexity index is 606. The standard InChI is InChI=1S/C14H14ClN3O3/c15-12-7-3-6-11(13(12)18(20)21)14(19)17(9-8-16)10-4-1-2-5-10/h3,6-7,10H,1-2,4-5,9H2. The van der Waals surface area contributed by atoms with Crippen molar-refractivity contribution < 1.29 is 9.72 Å². The number of nitro benzene ring substituents is 1. The van der Waals surface area contributed by atoms with E-state index in [1.54, 1.807) is 0 Å². The van der Waals surface area contributed by atoms with Gasteiger partial charge in [-0.1, -0.05) is 30.5 Å². The van der Waals surface area contributed by atoms with Gasteiger partial charge in [-0.05, 0) is 25.0 Å². The number of hydrogen-bond acceptors (Lipinski definition) is 4. The first-order chi connectivity index (χ1) is 10.1. The number of benzene rings is 1. The van der Waals surface area contributed by atoms with Crippen LogP contribution in [0.15, 0.2) is 18.2 Å². The van der Waals surface area contributed by atoms with Crippen LogP contribution in [0.2, 0.25) is 5.02 Å². The average molecular weight is 308 g/mol. The van der Waals surface area contributed by atoms with E-state index in [2.05, 4.69) is 0 Å². The van der Waals surface area contributed by atoms with Crippen LogP contribution in [0, 0.1) is 21.4 Å². The fourth-order valence-corrected chi connectivity index (χ4v) is 2.93. The van der Waals surface area contributed by atoms with Crippen LogP contribution < -0.4 is 0 Å². The van der Waals surface area contributed by atoms with Gasteiger partial charge >= 0.3 is 5.69 Å². The molecule has 0 spiro atoms. The maximum Gasteiger partial charge on any atom is 0.300 e. The van der Waals surface area contributed by atoms with Gasteiger partial charge in [0.2, 0.25) is 0 Å². The molecule has 0 saturated heterocycles. The zero-order chi connectivity index (χ0) is 15.4. The molecule has 0 radical (unpaired) electrons. The van der Waals surface area contributed by atoms with Gasteiger partial charge in [0.25, 0.3) is 5.91 Å². The number of hydrogen-bond donors (Lipinski definition) is 0. The molecule has 1 amide bonds. The van der Waals surface area contributed by atoms with E-state index in [1.807, 2.05) is 6.07 Å². The number of carbonyl (C=O) groups is 1. The van der Waals surface area contributed by atoms with E-state index in [-0.39, 0.29) is 23.2 Å². The SMILES string of the molecule is N#CCN(C(=O)c1cccc(Cl)c1[N+](=O)[O-])C1CCCC1. The topological polar surface area (TPSA) is 87.2 Å². The molecule has 0 heterocycles. The summed E-state index contributed by atoms with van der Waals surface area (Å²) in [6, 6.07) is 6.19. The molecule has 21 heavy (non-hydrogen) atoms. The smallest absolute Gasteiger partial charge is 0.300 e. The molecule has 0 aromatic heterocycles. The van der Waals surface area contributed by atoms with Gasteiger partial charge in [0.05, 0.1) is 11.0 Å². The highest BCUT2D eigenvalue weighted by Crippen LogP contribution is 2.31. The fraction of sp³-hybridized carbons (Fsp3) is 0.429. The van der Waals surface area contributed by atoms with Gasteiger partial charge in [-0.3, -0.25) is 14.9 Å². The summed E-state index contributed by atoms with van der Waals surface area (Å²) < 4.78 is 0. The van der Waals surface area contributed by atoms with Crippen molar-refractivity contribution in [3.63, 3.8) is 0 Å². The molecule has 1 fully saturated rings. The lowest BCUT2D eigenvalue weighted by atomic mass is 10.1. The minimum atomic E-state index is -0.658. The van der Waals surface area contributed by atoms with Crippen molar-refractivity contribution in [2.75, 3.05) is 6.54 Å². The minimum Gasteiger partial charge on any atom is -0.322 e. The molecule has 0 atom stereocenters. The third-order valence-electron chi connectivity index (χ3n) is 3.67. The Morgan fingerprint density at radius 1 is 1.48 bits per heavy atom. The number of nitrogens with zero attached hydrogens (tertiary/aromatic N) is 3. The highest BCUT2D eigenvalue weighted by atomic mass is 35.5. The lowest BCUT2D eigenvalue weighted by molar-refractivity contribution is -0.385. The monoisotopic (exact) mass is 307 g/mol. The Kier molecular flexibility index (Phi) is 4.76.